The quantitative estimate of drug-likeness (QED) is 0.759. The molecule has 5 heteroatoms. The molecule has 1 saturated heterocycles. The third-order valence-corrected chi connectivity index (χ3v) is 4.65. The zero-order valence-electron chi connectivity index (χ0n) is 15.9. The molecule has 0 radical (unpaired) electrons. The second kappa shape index (κ2) is 8.82. The summed E-state index contributed by atoms with van der Waals surface area (Å²) in [4.78, 5) is 18.7. The molecule has 1 aliphatic rings. The van der Waals surface area contributed by atoms with Crippen LogP contribution >= 0.6 is 0 Å². The lowest BCUT2D eigenvalue weighted by Crippen LogP contribution is -2.48. The summed E-state index contributed by atoms with van der Waals surface area (Å²) < 4.78 is 12.9. The van der Waals surface area contributed by atoms with Crippen LogP contribution in [0.1, 0.15) is 11.1 Å². The number of carbonyl (C=O) groups is 1. The van der Waals surface area contributed by atoms with E-state index in [1.165, 1.54) is 23.4 Å². The lowest BCUT2D eigenvalue weighted by Gasteiger charge is -2.36. The monoisotopic (exact) mass is 367 g/mol. The van der Waals surface area contributed by atoms with Crippen LogP contribution in [0.15, 0.2) is 54.6 Å². The largest absolute Gasteiger partial charge is 0.368 e. The van der Waals surface area contributed by atoms with Crippen molar-refractivity contribution >= 4 is 17.7 Å². The minimum Gasteiger partial charge on any atom is -0.368 e. The maximum absolute atomic E-state index is 12.9. The number of piperazine rings is 1. The molecule has 0 N–H and O–H groups in total. The van der Waals surface area contributed by atoms with Crippen LogP contribution in [-0.4, -0.2) is 56.0 Å². The van der Waals surface area contributed by atoms with Crippen LogP contribution in [0.25, 0.3) is 6.08 Å². The van der Waals surface area contributed by atoms with Crippen molar-refractivity contribution in [3.63, 3.8) is 0 Å². The Morgan fingerprint density at radius 2 is 1.78 bits per heavy atom. The van der Waals surface area contributed by atoms with Gasteiger partial charge in [0.05, 0.1) is 0 Å². The number of hydrogen-bond acceptors (Lipinski definition) is 3. The van der Waals surface area contributed by atoms with Gasteiger partial charge in [-0.3, -0.25) is 4.79 Å². The maximum Gasteiger partial charge on any atom is 0.246 e. The van der Waals surface area contributed by atoms with E-state index in [0.717, 1.165) is 25.2 Å². The fourth-order valence-electron chi connectivity index (χ4n) is 3.25. The van der Waals surface area contributed by atoms with Crippen molar-refractivity contribution in [2.24, 2.45) is 0 Å². The molecule has 0 aliphatic carbocycles. The Hall–Kier alpha value is -2.66. The Morgan fingerprint density at radius 3 is 2.44 bits per heavy atom. The van der Waals surface area contributed by atoms with Gasteiger partial charge in [0.25, 0.3) is 0 Å². The van der Waals surface area contributed by atoms with Crippen LogP contribution in [-0.2, 0) is 11.3 Å². The van der Waals surface area contributed by atoms with Crippen molar-refractivity contribution in [3.8, 4) is 0 Å². The molecule has 1 aliphatic heterocycles. The second-order valence-corrected chi connectivity index (χ2v) is 7.10. The first kappa shape index (κ1) is 19.1. The fraction of sp³-hybridized carbons (Fsp3) is 0.318. The van der Waals surface area contributed by atoms with Gasteiger partial charge < -0.3 is 14.7 Å². The third-order valence-electron chi connectivity index (χ3n) is 4.65. The molecule has 3 rings (SSSR count). The van der Waals surface area contributed by atoms with E-state index in [0.29, 0.717) is 13.1 Å². The van der Waals surface area contributed by atoms with Gasteiger partial charge in [-0.2, -0.15) is 0 Å². The van der Waals surface area contributed by atoms with Gasteiger partial charge in [0.2, 0.25) is 5.91 Å². The summed E-state index contributed by atoms with van der Waals surface area (Å²) in [6, 6.07) is 14.7. The van der Waals surface area contributed by atoms with Gasteiger partial charge >= 0.3 is 0 Å². The summed E-state index contributed by atoms with van der Waals surface area (Å²) in [6.45, 7) is 3.96. The molecule has 0 atom stereocenters. The molecule has 1 heterocycles. The molecule has 0 spiro atoms. The summed E-state index contributed by atoms with van der Waals surface area (Å²) in [6.07, 6.45) is 3.31. The van der Waals surface area contributed by atoms with Crippen molar-refractivity contribution in [3.05, 3.63) is 71.6 Å². The van der Waals surface area contributed by atoms with Crippen molar-refractivity contribution < 1.29 is 9.18 Å². The highest BCUT2D eigenvalue weighted by molar-refractivity contribution is 5.92. The highest BCUT2D eigenvalue weighted by atomic mass is 19.1. The molecule has 0 bridgehead atoms. The standard InChI is InChI=1S/C22H26FN3O/c1-24(2)17-19-4-3-5-21(16-19)25-12-14-26(15-13-25)22(27)11-8-18-6-9-20(23)10-7-18/h3-11,16H,12-15,17H2,1-2H3/b11-8+. The predicted molar refractivity (Wildman–Crippen MR) is 108 cm³/mol. The molecule has 1 amide bonds. The van der Waals surface area contributed by atoms with E-state index in [2.05, 4.69) is 48.2 Å². The van der Waals surface area contributed by atoms with Crippen LogP contribution in [0.5, 0.6) is 0 Å². The minimum atomic E-state index is -0.274. The second-order valence-electron chi connectivity index (χ2n) is 7.10. The Balaban J connectivity index is 1.55. The Bertz CT molecular complexity index is 793. The van der Waals surface area contributed by atoms with E-state index < -0.39 is 0 Å². The smallest absolute Gasteiger partial charge is 0.246 e. The number of halogens is 1. The van der Waals surface area contributed by atoms with E-state index in [1.807, 2.05) is 4.90 Å². The number of anilines is 1. The van der Waals surface area contributed by atoms with Crippen LogP contribution in [0, 0.1) is 5.82 Å². The van der Waals surface area contributed by atoms with Crippen molar-refractivity contribution in [2.75, 3.05) is 45.2 Å². The first-order valence-electron chi connectivity index (χ1n) is 9.22. The van der Waals surface area contributed by atoms with Gasteiger partial charge in [0, 0.05) is 44.5 Å². The summed E-state index contributed by atoms with van der Waals surface area (Å²) in [5.74, 6) is -0.274. The first-order valence-corrected chi connectivity index (χ1v) is 9.22. The molecule has 0 unspecified atom stereocenters. The van der Waals surface area contributed by atoms with Gasteiger partial charge in [-0.1, -0.05) is 24.3 Å². The number of rotatable bonds is 5. The number of benzene rings is 2. The van der Waals surface area contributed by atoms with Crippen LogP contribution in [0.3, 0.4) is 0 Å². The number of nitrogens with zero attached hydrogens (tertiary/aromatic N) is 3. The summed E-state index contributed by atoms with van der Waals surface area (Å²) in [5, 5.41) is 0. The first-order chi connectivity index (χ1) is 13.0. The van der Waals surface area contributed by atoms with E-state index in [4.69, 9.17) is 0 Å². The van der Waals surface area contributed by atoms with Gasteiger partial charge in [-0.15, -0.1) is 0 Å². The van der Waals surface area contributed by atoms with E-state index in [-0.39, 0.29) is 11.7 Å². The normalized spacial score (nSPS) is 15.0. The van der Waals surface area contributed by atoms with E-state index in [9.17, 15) is 9.18 Å². The van der Waals surface area contributed by atoms with Crippen LogP contribution in [0.4, 0.5) is 10.1 Å². The van der Waals surface area contributed by atoms with Crippen LogP contribution < -0.4 is 4.90 Å². The SMILES string of the molecule is CN(C)Cc1cccc(N2CCN(C(=O)/C=C/c3ccc(F)cc3)CC2)c1. The lowest BCUT2D eigenvalue weighted by molar-refractivity contribution is -0.126. The van der Waals surface area contributed by atoms with E-state index in [1.54, 1.807) is 24.3 Å². The zero-order chi connectivity index (χ0) is 19.2. The van der Waals surface area contributed by atoms with Crippen LogP contribution in [0.2, 0.25) is 0 Å². The van der Waals surface area contributed by atoms with Gasteiger partial charge in [0.1, 0.15) is 5.82 Å². The molecule has 0 aromatic heterocycles. The number of hydrogen-bond donors (Lipinski definition) is 0. The lowest BCUT2D eigenvalue weighted by atomic mass is 10.1. The van der Waals surface area contributed by atoms with Crippen molar-refractivity contribution in [1.29, 1.82) is 0 Å². The van der Waals surface area contributed by atoms with Gasteiger partial charge in [0.15, 0.2) is 0 Å². The topological polar surface area (TPSA) is 26.8 Å². The van der Waals surface area contributed by atoms with Gasteiger partial charge in [-0.05, 0) is 55.6 Å². The Kier molecular flexibility index (Phi) is 6.24. The highest BCUT2D eigenvalue weighted by Gasteiger charge is 2.20. The van der Waals surface area contributed by atoms with Gasteiger partial charge in [-0.25, -0.2) is 4.39 Å². The summed E-state index contributed by atoms with van der Waals surface area (Å²) in [5.41, 5.74) is 3.32. The number of carbonyl (C=O) groups excluding carboxylic acids is 1. The van der Waals surface area contributed by atoms with Crippen molar-refractivity contribution in [1.82, 2.24) is 9.80 Å². The van der Waals surface area contributed by atoms with E-state index >= 15 is 0 Å². The highest BCUT2D eigenvalue weighted by Crippen LogP contribution is 2.19. The summed E-state index contributed by atoms with van der Waals surface area (Å²) in [7, 11) is 4.13. The number of amides is 1. The third kappa shape index (κ3) is 5.41. The molecule has 142 valence electrons. The zero-order valence-corrected chi connectivity index (χ0v) is 15.9. The Labute approximate surface area is 160 Å². The fourth-order valence-corrected chi connectivity index (χ4v) is 3.25. The molecule has 2 aromatic carbocycles. The average molecular weight is 367 g/mol. The molecular weight excluding hydrogens is 341 g/mol. The predicted octanol–water partition coefficient (Wildman–Crippen LogP) is 3.25. The maximum atomic E-state index is 12.9. The summed E-state index contributed by atoms with van der Waals surface area (Å²) >= 11 is 0. The molecule has 1 fully saturated rings. The molecule has 27 heavy (non-hydrogen) atoms. The average Bonchev–Trinajstić information content (AvgIpc) is 2.67. The molecular formula is C22H26FN3O. The molecule has 2 aromatic rings. The molecule has 0 saturated carbocycles. The van der Waals surface area contributed by atoms with Crippen molar-refractivity contribution in [2.45, 2.75) is 6.54 Å². The minimum absolute atomic E-state index is 0.000309. The Morgan fingerprint density at radius 1 is 1.07 bits per heavy atom. The molecule has 4 nitrogen and oxygen atoms in total.